The Morgan fingerprint density at radius 1 is 0.786 bits per heavy atom. The SMILES string of the molecule is CCCCC(CC)CN(Cc1ccc2ccccc2n1)CC(CC)CCCC. The molecule has 2 heteroatoms. The van der Waals surface area contributed by atoms with Crippen LogP contribution in [-0.2, 0) is 6.54 Å². The molecule has 2 nitrogen and oxygen atoms in total. The van der Waals surface area contributed by atoms with Gasteiger partial charge in [0.2, 0.25) is 0 Å². The Morgan fingerprint density at radius 3 is 1.96 bits per heavy atom. The predicted octanol–water partition coefficient (Wildman–Crippen LogP) is 7.47. The Balaban J connectivity index is 2.12. The first-order valence-electron chi connectivity index (χ1n) is 11.8. The van der Waals surface area contributed by atoms with Gasteiger partial charge in [0.05, 0.1) is 11.2 Å². The van der Waals surface area contributed by atoms with Crippen LogP contribution in [0.4, 0.5) is 0 Å². The molecular formula is C26H42N2. The summed E-state index contributed by atoms with van der Waals surface area (Å²) in [5.74, 6) is 1.62. The number of fused-ring (bicyclic) bond motifs is 1. The van der Waals surface area contributed by atoms with Gasteiger partial charge >= 0.3 is 0 Å². The highest BCUT2D eigenvalue weighted by molar-refractivity contribution is 5.78. The molecule has 0 spiro atoms. The van der Waals surface area contributed by atoms with Gasteiger partial charge in [-0.3, -0.25) is 9.88 Å². The Morgan fingerprint density at radius 2 is 1.39 bits per heavy atom. The lowest BCUT2D eigenvalue weighted by atomic mass is 9.95. The van der Waals surface area contributed by atoms with E-state index in [2.05, 4.69) is 69.0 Å². The maximum Gasteiger partial charge on any atom is 0.0705 e. The number of unbranched alkanes of at least 4 members (excludes halogenated alkanes) is 2. The lowest BCUT2D eigenvalue weighted by molar-refractivity contribution is 0.172. The minimum absolute atomic E-state index is 0.809. The molecule has 0 aliphatic heterocycles. The van der Waals surface area contributed by atoms with Gasteiger partial charge in [-0.05, 0) is 36.8 Å². The van der Waals surface area contributed by atoms with Crippen LogP contribution in [0.2, 0.25) is 0 Å². The fourth-order valence-electron chi connectivity index (χ4n) is 4.19. The van der Waals surface area contributed by atoms with E-state index < -0.39 is 0 Å². The summed E-state index contributed by atoms with van der Waals surface area (Å²) in [7, 11) is 0. The molecule has 0 amide bonds. The van der Waals surface area contributed by atoms with Gasteiger partial charge in [0, 0.05) is 25.0 Å². The summed E-state index contributed by atoms with van der Waals surface area (Å²) in [4.78, 5) is 7.68. The van der Waals surface area contributed by atoms with Crippen LogP contribution in [0.25, 0.3) is 10.9 Å². The van der Waals surface area contributed by atoms with Gasteiger partial charge in [0.25, 0.3) is 0 Å². The first kappa shape index (κ1) is 22.9. The van der Waals surface area contributed by atoms with Gasteiger partial charge in [-0.15, -0.1) is 0 Å². The number of benzene rings is 1. The van der Waals surface area contributed by atoms with E-state index in [0.29, 0.717) is 0 Å². The Bertz CT molecular complexity index is 648. The average molecular weight is 383 g/mol. The van der Waals surface area contributed by atoms with Gasteiger partial charge in [0.1, 0.15) is 0 Å². The van der Waals surface area contributed by atoms with Crippen molar-refractivity contribution in [3.8, 4) is 0 Å². The number of hydrogen-bond acceptors (Lipinski definition) is 2. The maximum atomic E-state index is 4.96. The predicted molar refractivity (Wildman–Crippen MR) is 124 cm³/mol. The number of rotatable bonds is 14. The third kappa shape index (κ3) is 7.54. The van der Waals surface area contributed by atoms with Crippen molar-refractivity contribution in [2.24, 2.45) is 11.8 Å². The summed E-state index contributed by atoms with van der Waals surface area (Å²) in [6.45, 7) is 12.8. The van der Waals surface area contributed by atoms with Crippen molar-refractivity contribution < 1.29 is 0 Å². The van der Waals surface area contributed by atoms with Crippen LogP contribution < -0.4 is 0 Å². The van der Waals surface area contributed by atoms with Gasteiger partial charge in [0.15, 0.2) is 0 Å². The first-order valence-corrected chi connectivity index (χ1v) is 11.8. The molecule has 2 aromatic rings. The molecule has 1 aromatic heterocycles. The summed E-state index contributed by atoms with van der Waals surface area (Å²) in [6, 6.07) is 12.9. The number of hydrogen-bond donors (Lipinski definition) is 0. The molecule has 2 rings (SSSR count). The van der Waals surface area contributed by atoms with Gasteiger partial charge in [-0.1, -0.05) is 90.5 Å². The van der Waals surface area contributed by atoms with Gasteiger partial charge < -0.3 is 0 Å². The molecule has 1 heterocycles. The van der Waals surface area contributed by atoms with E-state index in [9.17, 15) is 0 Å². The molecule has 0 radical (unpaired) electrons. The summed E-state index contributed by atoms with van der Waals surface area (Å²) >= 11 is 0. The van der Waals surface area contributed by atoms with E-state index in [-0.39, 0.29) is 0 Å². The van der Waals surface area contributed by atoms with E-state index in [1.807, 2.05) is 0 Å². The average Bonchev–Trinajstić information content (AvgIpc) is 2.73. The first-order chi connectivity index (χ1) is 13.7. The van der Waals surface area contributed by atoms with Gasteiger partial charge in [-0.2, -0.15) is 0 Å². The monoisotopic (exact) mass is 382 g/mol. The zero-order valence-corrected chi connectivity index (χ0v) is 18.8. The zero-order valence-electron chi connectivity index (χ0n) is 18.8. The highest BCUT2D eigenvalue weighted by atomic mass is 15.1. The molecule has 2 atom stereocenters. The van der Waals surface area contributed by atoms with Crippen LogP contribution in [0.5, 0.6) is 0 Å². The molecule has 0 saturated heterocycles. The van der Waals surface area contributed by atoms with Crippen LogP contribution in [0, 0.1) is 11.8 Å². The van der Waals surface area contributed by atoms with Crippen molar-refractivity contribution in [2.45, 2.75) is 85.6 Å². The van der Waals surface area contributed by atoms with Crippen LogP contribution in [0.15, 0.2) is 36.4 Å². The standard InChI is InChI=1S/C26H42N2/c1-5-9-13-22(7-3)19-28(20-23(8-4)14-10-6-2)21-25-18-17-24-15-11-12-16-26(24)27-25/h11-12,15-18,22-23H,5-10,13-14,19-21H2,1-4H3. The largest absolute Gasteiger partial charge is 0.297 e. The summed E-state index contributed by atoms with van der Waals surface area (Å²) in [6.07, 6.45) is 10.6. The molecule has 0 N–H and O–H groups in total. The molecule has 0 saturated carbocycles. The maximum absolute atomic E-state index is 4.96. The summed E-state index contributed by atoms with van der Waals surface area (Å²) in [5, 5.41) is 1.24. The lowest BCUT2D eigenvalue weighted by Gasteiger charge is -2.30. The third-order valence-electron chi connectivity index (χ3n) is 6.16. The van der Waals surface area contributed by atoms with Crippen molar-refractivity contribution in [1.29, 1.82) is 0 Å². The normalized spacial score (nSPS) is 13.9. The van der Waals surface area contributed by atoms with E-state index in [0.717, 1.165) is 23.9 Å². The lowest BCUT2D eigenvalue weighted by Crippen LogP contribution is -2.34. The molecule has 28 heavy (non-hydrogen) atoms. The minimum atomic E-state index is 0.809. The summed E-state index contributed by atoms with van der Waals surface area (Å²) < 4.78 is 0. The van der Waals surface area contributed by atoms with Crippen LogP contribution in [-0.4, -0.2) is 23.0 Å². The second-order valence-electron chi connectivity index (χ2n) is 8.52. The zero-order chi connectivity index (χ0) is 20.2. The van der Waals surface area contributed by atoms with E-state index in [1.165, 1.54) is 75.5 Å². The second-order valence-corrected chi connectivity index (χ2v) is 8.52. The van der Waals surface area contributed by atoms with Crippen molar-refractivity contribution in [2.75, 3.05) is 13.1 Å². The number of para-hydroxylation sites is 1. The van der Waals surface area contributed by atoms with Gasteiger partial charge in [-0.25, -0.2) is 0 Å². The summed E-state index contributed by atoms with van der Waals surface area (Å²) in [5.41, 5.74) is 2.34. The van der Waals surface area contributed by atoms with Crippen LogP contribution in [0.1, 0.15) is 84.8 Å². The number of pyridine rings is 1. The van der Waals surface area contributed by atoms with Crippen molar-refractivity contribution in [3.05, 3.63) is 42.1 Å². The quantitative estimate of drug-likeness (QED) is 0.337. The smallest absolute Gasteiger partial charge is 0.0705 e. The van der Waals surface area contributed by atoms with E-state index in [4.69, 9.17) is 4.98 Å². The molecular weight excluding hydrogens is 340 g/mol. The Labute approximate surface area is 173 Å². The van der Waals surface area contributed by atoms with Crippen molar-refractivity contribution in [1.82, 2.24) is 9.88 Å². The Kier molecular flexibility index (Phi) is 10.6. The molecule has 0 aliphatic rings. The molecule has 0 aliphatic carbocycles. The fourth-order valence-corrected chi connectivity index (χ4v) is 4.19. The molecule has 2 unspecified atom stereocenters. The van der Waals surface area contributed by atoms with Crippen molar-refractivity contribution in [3.63, 3.8) is 0 Å². The molecule has 156 valence electrons. The fraction of sp³-hybridized carbons (Fsp3) is 0.654. The van der Waals surface area contributed by atoms with E-state index in [1.54, 1.807) is 0 Å². The molecule has 0 fully saturated rings. The van der Waals surface area contributed by atoms with Crippen LogP contribution in [0.3, 0.4) is 0 Å². The Hall–Kier alpha value is -1.41. The molecule has 0 bridgehead atoms. The van der Waals surface area contributed by atoms with Crippen molar-refractivity contribution >= 4 is 10.9 Å². The number of aromatic nitrogens is 1. The van der Waals surface area contributed by atoms with E-state index >= 15 is 0 Å². The molecule has 1 aromatic carbocycles. The highest BCUT2D eigenvalue weighted by Gasteiger charge is 2.18. The number of nitrogens with zero attached hydrogens (tertiary/aromatic N) is 2. The highest BCUT2D eigenvalue weighted by Crippen LogP contribution is 2.21. The van der Waals surface area contributed by atoms with Crippen LogP contribution >= 0.6 is 0 Å². The topological polar surface area (TPSA) is 16.1 Å². The third-order valence-corrected chi connectivity index (χ3v) is 6.16. The second kappa shape index (κ2) is 12.9. The minimum Gasteiger partial charge on any atom is -0.297 e.